The van der Waals surface area contributed by atoms with Gasteiger partial charge in [0.15, 0.2) is 0 Å². The van der Waals surface area contributed by atoms with E-state index in [9.17, 15) is 10.4 Å². The van der Waals surface area contributed by atoms with Gasteiger partial charge in [0.1, 0.15) is 5.54 Å². The van der Waals surface area contributed by atoms with Crippen molar-refractivity contribution in [2.45, 2.75) is 19.4 Å². The summed E-state index contributed by atoms with van der Waals surface area (Å²) in [5.41, 5.74) is 0.0297. The van der Waals surface area contributed by atoms with Crippen LogP contribution >= 0.6 is 11.3 Å². The fourth-order valence-electron chi connectivity index (χ4n) is 1.63. The summed E-state index contributed by atoms with van der Waals surface area (Å²) in [5.74, 6) is 0. The molecule has 14 heavy (non-hydrogen) atoms. The van der Waals surface area contributed by atoms with Gasteiger partial charge in [-0.05, 0) is 25.3 Å². The highest BCUT2D eigenvalue weighted by atomic mass is 32.1. The van der Waals surface area contributed by atoms with Gasteiger partial charge in [0, 0.05) is 0 Å². The molecule has 1 N–H and O–H groups in total. The van der Waals surface area contributed by atoms with Gasteiger partial charge < -0.3 is 10.4 Å². The van der Waals surface area contributed by atoms with Gasteiger partial charge in [-0.15, -0.1) is 16.4 Å². The molecule has 2 heterocycles. The molecule has 1 aromatic heterocycles. The van der Waals surface area contributed by atoms with Gasteiger partial charge in [-0.3, -0.25) is 0 Å². The van der Waals surface area contributed by atoms with Crippen LogP contribution in [0, 0.1) is 5.21 Å². The van der Waals surface area contributed by atoms with Crippen molar-refractivity contribution in [3.05, 3.63) is 27.6 Å². The first kappa shape index (κ1) is 9.64. The second kappa shape index (κ2) is 3.05. The van der Waals surface area contributed by atoms with Gasteiger partial charge in [0.05, 0.1) is 4.88 Å². The molecule has 2 rings (SSSR count). The minimum atomic E-state index is -0.605. The fourth-order valence-corrected chi connectivity index (χ4v) is 2.56. The van der Waals surface area contributed by atoms with E-state index in [1.165, 1.54) is 11.3 Å². The summed E-state index contributed by atoms with van der Waals surface area (Å²) >= 11 is 1.51. The molecule has 0 fully saturated rings. The molecule has 0 aliphatic carbocycles. The smallest absolute Gasteiger partial charge is 0.232 e. The first-order valence-corrected chi connectivity index (χ1v) is 5.24. The highest BCUT2D eigenvalue weighted by Gasteiger charge is 2.45. The quantitative estimate of drug-likeness (QED) is 0.566. The Labute approximate surface area is 86.3 Å². The maximum Gasteiger partial charge on any atom is 0.232 e. The van der Waals surface area contributed by atoms with Gasteiger partial charge in [0.25, 0.3) is 0 Å². The second-order valence-electron chi connectivity index (χ2n) is 3.80. The van der Waals surface area contributed by atoms with Crippen molar-refractivity contribution in [1.82, 2.24) is 5.06 Å². The Morgan fingerprint density at radius 1 is 1.64 bits per heavy atom. The normalized spacial score (nSPS) is 21.9. The van der Waals surface area contributed by atoms with Gasteiger partial charge in [-0.25, -0.2) is 0 Å². The predicted octanol–water partition coefficient (Wildman–Crippen LogP) is 1.49. The molecule has 76 valence electrons. The van der Waals surface area contributed by atoms with Crippen molar-refractivity contribution in [3.63, 3.8) is 0 Å². The Morgan fingerprint density at radius 2 is 2.36 bits per heavy atom. The van der Waals surface area contributed by atoms with Gasteiger partial charge in [-0.1, -0.05) is 6.07 Å². The third-order valence-corrected chi connectivity index (χ3v) is 3.37. The zero-order valence-corrected chi connectivity index (χ0v) is 8.91. The average Bonchev–Trinajstić information content (AvgIpc) is 2.61. The number of hydrogen-bond donors (Lipinski definition) is 1. The van der Waals surface area contributed by atoms with Crippen LogP contribution in [0.25, 0.3) is 0 Å². The van der Waals surface area contributed by atoms with E-state index in [0.29, 0.717) is 5.71 Å². The largest absolute Gasteiger partial charge is 0.622 e. The predicted molar refractivity (Wildman–Crippen MR) is 54.6 cm³/mol. The van der Waals surface area contributed by atoms with Gasteiger partial charge >= 0.3 is 0 Å². The molecule has 0 unspecified atom stereocenters. The summed E-state index contributed by atoms with van der Waals surface area (Å²) in [6.45, 7) is 3.68. The van der Waals surface area contributed by atoms with Gasteiger partial charge in [-0.2, -0.15) is 4.74 Å². The molecule has 0 amide bonds. The van der Waals surface area contributed by atoms with Crippen LogP contribution in [0.1, 0.15) is 18.7 Å². The third-order valence-electron chi connectivity index (χ3n) is 2.49. The molecule has 0 saturated heterocycles. The molecule has 0 spiro atoms. The number of nitrogens with zero attached hydrogens (tertiary/aromatic N) is 2. The monoisotopic (exact) mass is 212 g/mol. The highest BCUT2D eigenvalue weighted by Crippen LogP contribution is 2.26. The van der Waals surface area contributed by atoms with Crippen molar-refractivity contribution in [3.8, 4) is 0 Å². The van der Waals surface area contributed by atoms with Crippen LogP contribution in [0.15, 0.2) is 17.5 Å². The van der Waals surface area contributed by atoms with Crippen molar-refractivity contribution < 1.29 is 9.95 Å². The van der Waals surface area contributed by atoms with Crippen LogP contribution in [-0.2, 0) is 0 Å². The van der Waals surface area contributed by atoms with Crippen molar-refractivity contribution >= 4 is 17.0 Å². The number of hydrogen-bond acceptors (Lipinski definition) is 4. The van der Waals surface area contributed by atoms with Crippen molar-refractivity contribution in [2.24, 2.45) is 0 Å². The summed E-state index contributed by atoms with van der Waals surface area (Å²) in [4.78, 5) is 0.918. The zero-order chi connectivity index (χ0) is 10.3. The third kappa shape index (κ3) is 1.25. The molecule has 0 bridgehead atoms. The fraction of sp³-hybridized carbons (Fsp3) is 0.444. The van der Waals surface area contributed by atoms with E-state index >= 15 is 0 Å². The van der Waals surface area contributed by atoms with Crippen LogP contribution in [0.5, 0.6) is 0 Å². The Morgan fingerprint density at radius 3 is 2.79 bits per heavy atom. The lowest BCUT2D eigenvalue weighted by Gasteiger charge is -2.21. The molecule has 0 aromatic carbocycles. The molecule has 0 atom stereocenters. The van der Waals surface area contributed by atoms with Crippen molar-refractivity contribution in [2.75, 3.05) is 6.67 Å². The Bertz CT molecular complexity index is 370. The standard InChI is InChI=1S/C9H12N2O2S/c1-9(2)8(7-4-3-5-14-7)10(12)6-11(9)13/h3-5,13H,6H2,1-2H3. The average molecular weight is 212 g/mol. The van der Waals surface area contributed by atoms with Crippen LogP contribution in [0.2, 0.25) is 0 Å². The number of hydroxylamine groups is 3. The molecule has 0 radical (unpaired) electrons. The molecule has 5 heteroatoms. The first-order valence-electron chi connectivity index (χ1n) is 4.36. The Hall–Kier alpha value is -0.910. The number of rotatable bonds is 1. The Balaban J connectivity index is 2.48. The molecule has 4 nitrogen and oxygen atoms in total. The molecular weight excluding hydrogens is 200 g/mol. The summed E-state index contributed by atoms with van der Waals surface area (Å²) in [7, 11) is 0. The lowest BCUT2D eigenvalue weighted by Crippen LogP contribution is -2.43. The maximum absolute atomic E-state index is 11.6. The number of thiophene rings is 1. The molecule has 1 aliphatic heterocycles. The topological polar surface area (TPSA) is 49.5 Å². The van der Waals surface area contributed by atoms with E-state index in [1.807, 2.05) is 31.4 Å². The van der Waals surface area contributed by atoms with Crippen LogP contribution in [-0.4, -0.2) is 32.9 Å². The first-order chi connectivity index (χ1) is 6.53. The van der Waals surface area contributed by atoms with E-state index in [1.54, 1.807) is 0 Å². The van der Waals surface area contributed by atoms with E-state index in [4.69, 9.17) is 0 Å². The second-order valence-corrected chi connectivity index (χ2v) is 4.75. The lowest BCUT2D eigenvalue weighted by molar-refractivity contribution is -0.487. The van der Waals surface area contributed by atoms with Gasteiger partial charge in [0.2, 0.25) is 12.4 Å². The minimum Gasteiger partial charge on any atom is -0.622 e. The zero-order valence-electron chi connectivity index (χ0n) is 8.10. The van der Waals surface area contributed by atoms with Crippen LogP contribution in [0.3, 0.4) is 0 Å². The van der Waals surface area contributed by atoms with Crippen LogP contribution in [0.4, 0.5) is 0 Å². The summed E-state index contributed by atoms with van der Waals surface area (Å²) in [6, 6.07) is 3.79. The lowest BCUT2D eigenvalue weighted by atomic mass is 9.98. The summed E-state index contributed by atoms with van der Waals surface area (Å²) < 4.78 is 0.839. The van der Waals surface area contributed by atoms with E-state index < -0.39 is 5.54 Å². The summed E-state index contributed by atoms with van der Waals surface area (Å²) in [6.07, 6.45) is 0. The van der Waals surface area contributed by atoms with E-state index in [2.05, 4.69) is 0 Å². The van der Waals surface area contributed by atoms with Crippen LogP contribution < -0.4 is 0 Å². The molecular formula is C9H12N2O2S. The highest BCUT2D eigenvalue weighted by molar-refractivity contribution is 7.12. The maximum atomic E-state index is 11.6. The minimum absolute atomic E-state index is 0.0141. The molecule has 0 saturated carbocycles. The van der Waals surface area contributed by atoms with Crippen molar-refractivity contribution in [1.29, 1.82) is 0 Å². The molecule has 1 aliphatic rings. The summed E-state index contributed by atoms with van der Waals surface area (Å²) in [5, 5.41) is 24.1. The molecule has 1 aromatic rings. The van der Waals surface area contributed by atoms with E-state index in [-0.39, 0.29) is 6.67 Å². The van der Waals surface area contributed by atoms with E-state index in [0.717, 1.165) is 14.7 Å². The Kier molecular flexibility index (Phi) is 2.10. The SMILES string of the molecule is CC1(C)C(c2cccs2)=[N+]([O-])CN1O.